The Morgan fingerprint density at radius 1 is 1.24 bits per heavy atom. The molecule has 6 heteroatoms. The molecule has 1 aliphatic heterocycles. The Morgan fingerprint density at radius 2 is 2.08 bits per heavy atom. The lowest BCUT2D eigenvalue weighted by Crippen LogP contribution is -2.51. The van der Waals surface area contributed by atoms with Crippen LogP contribution in [0.2, 0.25) is 0 Å². The number of piperazine rings is 1. The molecule has 5 nitrogen and oxygen atoms in total. The van der Waals surface area contributed by atoms with Crippen molar-refractivity contribution in [3.63, 3.8) is 0 Å². The van der Waals surface area contributed by atoms with E-state index in [0.29, 0.717) is 11.6 Å². The Balaban J connectivity index is 1.75. The van der Waals surface area contributed by atoms with Gasteiger partial charge in [-0.1, -0.05) is 24.3 Å². The molecule has 3 aromatic rings. The molecule has 0 spiro atoms. The smallest absolute Gasteiger partial charge is 0.257 e. The van der Waals surface area contributed by atoms with E-state index in [1.165, 1.54) is 0 Å². The first-order valence-electron chi connectivity index (χ1n) is 8.44. The molecule has 128 valence electrons. The van der Waals surface area contributed by atoms with Crippen LogP contribution in [0.25, 0.3) is 16.3 Å². The van der Waals surface area contributed by atoms with Crippen LogP contribution in [-0.2, 0) is 0 Å². The Labute approximate surface area is 150 Å². The molecule has 0 bridgehead atoms. The molecule has 1 saturated heterocycles. The van der Waals surface area contributed by atoms with Gasteiger partial charge in [-0.15, -0.1) is 11.3 Å². The molecule has 1 unspecified atom stereocenters. The summed E-state index contributed by atoms with van der Waals surface area (Å²) in [5.74, 6) is 0.0546. The monoisotopic (exact) mass is 352 g/mol. The average Bonchev–Trinajstić information content (AvgIpc) is 3.31. The van der Waals surface area contributed by atoms with Gasteiger partial charge in [0, 0.05) is 31.9 Å². The van der Waals surface area contributed by atoms with Crippen molar-refractivity contribution in [3.05, 3.63) is 59.6 Å². The van der Waals surface area contributed by atoms with Crippen LogP contribution in [0.1, 0.15) is 17.3 Å². The summed E-state index contributed by atoms with van der Waals surface area (Å²) in [4.78, 5) is 16.1. The predicted molar refractivity (Wildman–Crippen MR) is 100 cm³/mol. The van der Waals surface area contributed by atoms with Crippen molar-refractivity contribution < 1.29 is 4.79 Å². The van der Waals surface area contributed by atoms with Gasteiger partial charge in [0.1, 0.15) is 5.69 Å². The molecule has 2 aromatic heterocycles. The molecule has 25 heavy (non-hydrogen) atoms. The van der Waals surface area contributed by atoms with Crippen LogP contribution in [0.4, 0.5) is 0 Å². The minimum Gasteiger partial charge on any atom is -0.336 e. The summed E-state index contributed by atoms with van der Waals surface area (Å²) in [5.41, 5.74) is 2.38. The molecular formula is C19H20N4OS. The molecule has 1 aromatic carbocycles. The number of carbonyl (C=O) groups excluding carboxylic acids is 1. The van der Waals surface area contributed by atoms with Crippen LogP contribution in [0.3, 0.4) is 0 Å². The van der Waals surface area contributed by atoms with Gasteiger partial charge in [-0.2, -0.15) is 5.10 Å². The molecule has 0 saturated carbocycles. The first-order valence-corrected chi connectivity index (χ1v) is 9.32. The number of aromatic nitrogens is 2. The molecule has 1 aliphatic rings. The van der Waals surface area contributed by atoms with E-state index in [1.54, 1.807) is 16.0 Å². The molecular weight excluding hydrogens is 332 g/mol. The van der Waals surface area contributed by atoms with Gasteiger partial charge in [-0.25, -0.2) is 4.68 Å². The summed E-state index contributed by atoms with van der Waals surface area (Å²) in [7, 11) is 0. The molecule has 1 atom stereocenters. The highest BCUT2D eigenvalue weighted by molar-refractivity contribution is 7.13. The van der Waals surface area contributed by atoms with Crippen molar-refractivity contribution in [1.82, 2.24) is 20.0 Å². The number of carbonyl (C=O) groups is 1. The van der Waals surface area contributed by atoms with E-state index in [0.717, 1.165) is 35.9 Å². The number of thiophene rings is 1. The first-order chi connectivity index (χ1) is 12.2. The Bertz CT molecular complexity index is 857. The van der Waals surface area contributed by atoms with Crippen molar-refractivity contribution >= 4 is 17.2 Å². The number of benzene rings is 1. The number of rotatable bonds is 3. The van der Waals surface area contributed by atoms with Crippen molar-refractivity contribution in [3.8, 4) is 16.3 Å². The van der Waals surface area contributed by atoms with Crippen LogP contribution in [0.15, 0.2) is 54.0 Å². The van der Waals surface area contributed by atoms with E-state index >= 15 is 0 Å². The summed E-state index contributed by atoms with van der Waals surface area (Å²) in [6.07, 6.45) is 1.86. The third-order valence-electron chi connectivity index (χ3n) is 4.38. The zero-order valence-corrected chi connectivity index (χ0v) is 14.9. The second kappa shape index (κ2) is 6.82. The Morgan fingerprint density at radius 3 is 2.80 bits per heavy atom. The minimum atomic E-state index is 0.0546. The number of nitrogens with zero attached hydrogens (tertiary/aromatic N) is 3. The minimum absolute atomic E-state index is 0.0546. The van der Waals surface area contributed by atoms with E-state index < -0.39 is 0 Å². The van der Waals surface area contributed by atoms with Gasteiger partial charge >= 0.3 is 0 Å². The molecule has 0 radical (unpaired) electrons. The largest absolute Gasteiger partial charge is 0.336 e. The first kappa shape index (κ1) is 16.1. The fourth-order valence-electron chi connectivity index (χ4n) is 3.13. The van der Waals surface area contributed by atoms with Crippen LogP contribution in [0.5, 0.6) is 0 Å². The molecule has 1 fully saturated rings. The lowest BCUT2D eigenvalue weighted by molar-refractivity contribution is 0.0710. The van der Waals surface area contributed by atoms with Crippen LogP contribution in [0, 0.1) is 0 Å². The van der Waals surface area contributed by atoms with Gasteiger partial charge in [-0.05, 0) is 30.5 Å². The second-order valence-corrected chi connectivity index (χ2v) is 7.20. The van der Waals surface area contributed by atoms with Gasteiger partial charge in [0.2, 0.25) is 0 Å². The number of amides is 1. The van der Waals surface area contributed by atoms with E-state index in [-0.39, 0.29) is 5.91 Å². The molecule has 0 aliphatic carbocycles. The lowest BCUT2D eigenvalue weighted by Gasteiger charge is -2.31. The van der Waals surface area contributed by atoms with Crippen LogP contribution >= 0.6 is 11.3 Å². The summed E-state index contributed by atoms with van der Waals surface area (Å²) in [6.45, 7) is 4.38. The van der Waals surface area contributed by atoms with Gasteiger partial charge in [0.05, 0.1) is 16.1 Å². The average molecular weight is 352 g/mol. The van der Waals surface area contributed by atoms with E-state index in [9.17, 15) is 4.79 Å². The quantitative estimate of drug-likeness (QED) is 0.788. The standard InChI is InChI=1S/C19H20N4OS/c1-14-12-22(10-9-20-14)19(24)16-13-23(15-6-3-2-4-7-15)21-18(16)17-8-5-11-25-17/h2-8,11,13-14,20H,9-10,12H2,1H3. The topological polar surface area (TPSA) is 50.2 Å². The number of hydrogen-bond acceptors (Lipinski definition) is 4. The van der Waals surface area contributed by atoms with Crippen molar-refractivity contribution in [2.75, 3.05) is 19.6 Å². The normalized spacial score (nSPS) is 17.6. The summed E-state index contributed by atoms with van der Waals surface area (Å²) in [5, 5.41) is 10.1. The maximum Gasteiger partial charge on any atom is 0.257 e. The van der Waals surface area contributed by atoms with E-state index in [4.69, 9.17) is 5.10 Å². The Hall–Kier alpha value is -2.44. The fraction of sp³-hybridized carbons (Fsp3) is 0.263. The third kappa shape index (κ3) is 3.23. The number of para-hydroxylation sites is 1. The predicted octanol–water partition coefficient (Wildman–Crippen LogP) is 3.03. The maximum absolute atomic E-state index is 13.2. The third-order valence-corrected chi connectivity index (χ3v) is 5.25. The number of nitrogens with one attached hydrogen (secondary N) is 1. The van der Waals surface area contributed by atoms with Crippen molar-refractivity contribution in [2.45, 2.75) is 13.0 Å². The van der Waals surface area contributed by atoms with Crippen molar-refractivity contribution in [1.29, 1.82) is 0 Å². The summed E-state index contributed by atoms with van der Waals surface area (Å²) >= 11 is 1.60. The summed E-state index contributed by atoms with van der Waals surface area (Å²) < 4.78 is 1.80. The highest BCUT2D eigenvalue weighted by Gasteiger charge is 2.26. The highest BCUT2D eigenvalue weighted by atomic mass is 32.1. The number of hydrogen-bond donors (Lipinski definition) is 1. The van der Waals surface area contributed by atoms with Crippen molar-refractivity contribution in [2.24, 2.45) is 0 Å². The fourth-order valence-corrected chi connectivity index (χ4v) is 3.85. The van der Waals surface area contributed by atoms with E-state index in [1.807, 2.05) is 58.9 Å². The van der Waals surface area contributed by atoms with Crippen LogP contribution < -0.4 is 5.32 Å². The van der Waals surface area contributed by atoms with Gasteiger partial charge in [0.25, 0.3) is 5.91 Å². The lowest BCUT2D eigenvalue weighted by atomic mass is 10.1. The second-order valence-electron chi connectivity index (χ2n) is 6.26. The Kier molecular flexibility index (Phi) is 4.38. The summed E-state index contributed by atoms with van der Waals surface area (Å²) in [6, 6.07) is 14.2. The van der Waals surface area contributed by atoms with Crippen LogP contribution in [-0.4, -0.2) is 46.3 Å². The maximum atomic E-state index is 13.2. The van der Waals surface area contributed by atoms with Gasteiger partial charge in [-0.3, -0.25) is 4.79 Å². The zero-order valence-electron chi connectivity index (χ0n) is 14.1. The molecule has 3 heterocycles. The highest BCUT2D eigenvalue weighted by Crippen LogP contribution is 2.28. The SMILES string of the molecule is CC1CN(C(=O)c2cn(-c3ccccc3)nc2-c2cccs2)CCN1. The van der Waals surface area contributed by atoms with Gasteiger partial charge < -0.3 is 10.2 Å². The van der Waals surface area contributed by atoms with E-state index in [2.05, 4.69) is 12.2 Å². The van der Waals surface area contributed by atoms with Gasteiger partial charge in [0.15, 0.2) is 0 Å². The molecule has 1 amide bonds. The molecule has 4 rings (SSSR count). The molecule has 1 N–H and O–H groups in total. The zero-order chi connectivity index (χ0) is 17.2.